The first kappa shape index (κ1) is 23.4. The molecule has 90 valence electrons. The number of carbonyl (C=O) groups excluding carboxylic acids is 1. The summed E-state index contributed by atoms with van der Waals surface area (Å²) in [5.74, 6) is -0.535. The Bertz CT molecular complexity index is 142. The van der Waals surface area contributed by atoms with E-state index in [2.05, 4.69) is 42.7 Å². The van der Waals surface area contributed by atoms with Gasteiger partial charge in [0.15, 0.2) is 0 Å². The molecular formula is C11H22O4. The molecule has 0 unspecified atom stereocenters. The van der Waals surface area contributed by atoms with Gasteiger partial charge in [-0.15, -0.1) is 26.3 Å². The molecule has 0 aliphatic carbocycles. The Morgan fingerprint density at radius 2 is 1.53 bits per heavy atom. The van der Waals surface area contributed by atoms with Crippen LogP contribution in [0.2, 0.25) is 0 Å². The molecule has 0 aliphatic heterocycles. The lowest BCUT2D eigenvalue weighted by Crippen LogP contribution is -2.02. The largest absolute Gasteiger partial charge is 0.397 e. The average Bonchev–Trinajstić information content (AvgIpc) is 2.25. The molecule has 0 heterocycles. The van der Waals surface area contributed by atoms with Gasteiger partial charge in [-0.05, 0) is 13.8 Å². The van der Waals surface area contributed by atoms with E-state index in [1.165, 1.54) is 7.11 Å². The number of aliphatic hydroxyl groups excluding tert-OH is 1. The van der Waals surface area contributed by atoms with E-state index in [9.17, 15) is 4.79 Å². The van der Waals surface area contributed by atoms with Gasteiger partial charge in [-0.1, -0.05) is 6.58 Å². The highest BCUT2D eigenvalue weighted by Gasteiger charge is 2.00. The van der Waals surface area contributed by atoms with Crippen molar-refractivity contribution in [1.82, 2.24) is 0 Å². The van der Waals surface area contributed by atoms with Crippen LogP contribution in [0.15, 0.2) is 38.5 Å². The van der Waals surface area contributed by atoms with E-state index in [0.717, 1.165) is 0 Å². The van der Waals surface area contributed by atoms with E-state index in [0.29, 0.717) is 5.57 Å². The minimum absolute atomic E-state index is 0.250. The van der Waals surface area contributed by atoms with Crippen molar-refractivity contribution in [3.63, 3.8) is 0 Å². The van der Waals surface area contributed by atoms with Gasteiger partial charge in [-0.3, -0.25) is 4.89 Å². The molecule has 0 aliphatic rings. The van der Waals surface area contributed by atoms with Crippen molar-refractivity contribution in [2.45, 2.75) is 13.8 Å². The van der Waals surface area contributed by atoms with Crippen molar-refractivity contribution < 1.29 is 19.7 Å². The van der Waals surface area contributed by atoms with Crippen LogP contribution in [0.3, 0.4) is 0 Å². The van der Waals surface area contributed by atoms with Crippen LogP contribution in [0.5, 0.6) is 0 Å². The van der Waals surface area contributed by atoms with E-state index < -0.39 is 5.97 Å². The maximum atomic E-state index is 10.3. The van der Waals surface area contributed by atoms with Crippen molar-refractivity contribution in [2.75, 3.05) is 13.7 Å². The summed E-state index contributed by atoms with van der Waals surface area (Å²) in [6, 6.07) is 0. The first-order valence-electron chi connectivity index (χ1n) is 4.11. The molecule has 0 bridgehead atoms. The molecule has 0 saturated carbocycles. The lowest BCUT2D eigenvalue weighted by Gasteiger charge is -1.94. The van der Waals surface area contributed by atoms with Gasteiger partial charge in [0.2, 0.25) is 0 Å². The van der Waals surface area contributed by atoms with Crippen molar-refractivity contribution in [2.24, 2.45) is 0 Å². The quantitative estimate of drug-likeness (QED) is 0.334. The normalized spacial score (nSPS) is 6.13. The van der Waals surface area contributed by atoms with Gasteiger partial charge in [-0.25, -0.2) is 4.79 Å². The lowest BCUT2D eigenvalue weighted by atomic mass is 10.4. The Morgan fingerprint density at radius 3 is 1.60 bits per heavy atom. The first-order chi connectivity index (χ1) is 7.09. The van der Waals surface area contributed by atoms with Crippen LogP contribution in [0.4, 0.5) is 0 Å². The SMILES string of the molecule is C=C.C=C.C=C(C)C(=O)OOC.CCO. The molecular weight excluding hydrogens is 196 g/mol. The van der Waals surface area contributed by atoms with Crippen LogP contribution in [-0.2, 0) is 14.6 Å². The molecule has 1 N–H and O–H groups in total. The zero-order valence-electron chi connectivity index (χ0n) is 9.91. The predicted molar refractivity (Wildman–Crippen MR) is 63.2 cm³/mol. The molecule has 0 aromatic rings. The molecule has 0 fully saturated rings. The molecule has 4 heteroatoms. The Balaban J connectivity index is -0.0000000726. The van der Waals surface area contributed by atoms with Gasteiger partial charge in [0, 0.05) is 12.2 Å². The molecule has 15 heavy (non-hydrogen) atoms. The topological polar surface area (TPSA) is 55.8 Å². The summed E-state index contributed by atoms with van der Waals surface area (Å²) in [6.45, 7) is 18.8. The number of rotatable bonds is 2. The molecule has 0 radical (unpaired) electrons. The first-order valence-corrected chi connectivity index (χ1v) is 4.11. The van der Waals surface area contributed by atoms with E-state index in [1.807, 2.05) is 0 Å². The molecule has 0 atom stereocenters. The Morgan fingerprint density at radius 1 is 1.27 bits per heavy atom. The number of hydrogen-bond donors (Lipinski definition) is 1. The molecule has 0 aromatic carbocycles. The van der Waals surface area contributed by atoms with Crippen molar-refractivity contribution in [3.05, 3.63) is 38.5 Å². The predicted octanol–water partition coefficient (Wildman–Crippen LogP) is 2.27. The van der Waals surface area contributed by atoms with Gasteiger partial charge in [0.1, 0.15) is 0 Å². The summed E-state index contributed by atoms with van der Waals surface area (Å²) in [4.78, 5) is 18.4. The van der Waals surface area contributed by atoms with E-state index >= 15 is 0 Å². The molecule has 0 saturated heterocycles. The maximum absolute atomic E-state index is 10.3. The van der Waals surface area contributed by atoms with Crippen LogP contribution in [0, 0.1) is 0 Å². The lowest BCUT2D eigenvalue weighted by molar-refractivity contribution is -0.250. The minimum atomic E-state index is -0.535. The summed E-state index contributed by atoms with van der Waals surface area (Å²) in [5, 5.41) is 7.57. The average molecular weight is 218 g/mol. The third kappa shape index (κ3) is 45.1. The van der Waals surface area contributed by atoms with E-state index in [1.54, 1.807) is 13.8 Å². The second kappa shape index (κ2) is 29.4. The smallest absolute Gasteiger partial charge is 0.368 e. The summed E-state index contributed by atoms with van der Waals surface area (Å²) >= 11 is 0. The van der Waals surface area contributed by atoms with Crippen LogP contribution in [-0.4, -0.2) is 24.8 Å². The van der Waals surface area contributed by atoms with E-state index in [-0.39, 0.29) is 6.61 Å². The third-order valence-corrected chi connectivity index (χ3v) is 0.507. The van der Waals surface area contributed by atoms with Gasteiger partial charge >= 0.3 is 5.97 Å². The van der Waals surface area contributed by atoms with Crippen LogP contribution >= 0.6 is 0 Å². The summed E-state index contributed by atoms with van der Waals surface area (Å²) in [7, 11) is 1.26. The van der Waals surface area contributed by atoms with Gasteiger partial charge < -0.3 is 5.11 Å². The van der Waals surface area contributed by atoms with Crippen LogP contribution in [0.25, 0.3) is 0 Å². The fraction of sp³-hybridized carbons (Fsp3) is 0.364. The highest BCUT2D eigenvalue weighted by atomic mass is 17.2. The Kier molecular flexibility index (Phi) is 45.9. The summed E-state index contributed by atoms with van der Waals surface area (Å²) in [5.41, 5.74) is 0.326. The monoisotopic (exact) mass is 218 g/mol. The van der Waals surface area contributed by atoms with Crippen LogP contribution < -0.4 is 0 Å². The summed E-state index contributed by atoms with van der Waals surface area (Å²) in [6.07, 6.45) is 0. The molecule has 0 rings (SSSR count). The Hall–Kier alpha value is -1.39. The summed E-state index contributed by atoms with van der Waals surface area (Å²) < 4.78 is 0. The minimum Gasteiger partial charge on any atom is -0.397 e. The van der Waals surface area contributed by atoms with Gasteiger partial charge in [0.25, 0.3) is 0 Å². The third-order valence-electron chi connectivity index (χ3n) is 0.507. The highest BCUT2D eigenvalue weighted by molar-refractivity contribution is 5.86. The van der Waals surface area contributed by atoms with E-state index in [4.69, 9.17) is 5.11 Å². The Labute approximate surface area is 92.4 Å². The van der Waals surface area contributed by atoms with Crippen LogP contribution in [0.1, 0.15) is 13.8 Å². The van der Waals surface area contributed by atoms with Gasteiger partial charge in [0.05, 0.1) is 7.11 Å². The van der Waals surface area contributed by atoms with Gasteiger partial charge in [-0.2, -0.15) is 4.89 Å². The molecule has 4 nitrogen and oxygen atoms in total. The zero-order chi connectivity index (χ0) is 13.3. The molecule has 0 amide bonds. The second-order valence-corrected chi connectivity index (χ2v) is 1.63. The van der Waals surface area contributed by atoms with Crippen molar-refractivity contribution in [1.29, 1.82) is 0 Å². The maximum Gasteiger partial charge on any atom is 0.368 e. The fourth-order valence-corrected chi connectivity index (χ4v) is 0.147. The standard InChI is InChI=1S/C5H8O3.C2H6O.2C2H4/c1-4(2)5(6)8-7-3;1-2-3;2*1-2/h1H2,2-3H3;3H,2H2,1H3;2*1-2H2. The second-order valence-electron chi connectivity index (χ2n) is 1.63. The van der Waals surface area contributed by atoms with Crippen molar-refractivity contribution >= 4 is 5.97 Å². The number of carbonyl (C=O) groups is 1. The van der Waals surface area contributed by atoms with Crippen molar-refractivity contribution in [3.8, 4) is 0 Å². The number of hydrogen-bond acceptors (Lipinski definition) is 4. The molecule has 0 aromatic heterocycles. The fourth-order valence-electron chi connectivity index (χ4n) is 0.147. The highest BCUT2D eigenvalue weighted by Crippen LogP contribution is 1.89. The molecule has 0 spiro atoms. The zero-order valence-corrected chi connectivity index (χ0v) is 9.91. The number of aliphatic hydroxyl groups is 1.